The molecule has 0 spiro atoms. The van der Waals surface area contributed by atoms with E-state index in [1.54, 1.807) is 0 Å². The van der Waals surface area contributed by atoms with Gasteiger partial charge in [0.15, 0.2) is 0 Å². The Kier molecular flexibility index (Phi) is 17.3. The number of hydrogen-bond acceptors (Lipinski definition) is 8. The van der Waals surface area contributed by atoms with Crippen LogP contribution in [-0.4, -0.2) is 98.9 Å². The first-order chi connectivity index (χ1) is 19.7. The van der Waals surface area contributed by atoms with Crippen molar-refractivity contribution in [2.45, 2.75) is 95.4 Å². The Morgan fingerprint density at radius 2 is 1.41 bits per heavy atom. The van der Waals surface area contributed by atoms with Crippen molar-refractivity contribution in [3.8, 4) is 0 Å². The van der Waals surface area contributed by atoms with E-state index >= 15 is 0 Å². The molecule has 11 nitrogen and oxygen atoms in total. The number of amides is 4. The molecule has 0 saturated carbocycles. The molecular formula is C29H52N4O7S. The van der Waals surface area contributed by atoms with Crippen molar-refractivity contribution in [3.63, 3.8) is 0 Å². The normalized spacial score (nSPS) is 21.4. The molecule has 236 valence electrons. The molecule has 0 aromatic rings. The minimum atomic E-state index is -0.145. The molecule has 4 N–H and O–H groups in total. The Hall–Kier alpha value is -1.89. The Morgan fingerprint density at radius 3 is 2.00 bits per heavy atom. The van der Waals surface area contributed by atoms with Crippen molar-refractivity contribution in [1.29, 1.82) is 0 Å². The molecule has 12 heteroatoms. The highest BCUT2D eigenvalue weighted by Gasteiger charge is 2.51. The van der Waals surface area contributed by atoms with Crippen LogP contribution in [0.3, 0.4) is 0 Å². The molecule has 3 atom stereocenters. The Morgan fingerprint density at radius 1 is 0.854 bits per heavy atom. The third kappa shape index (κ3) is 14.7. The van der Waals surface area contributed by atoms with Crippen molar-refractivity contribution >= 4 is 35.4 Å². The van der Waals surface area contributed by atoms with Gasteiger partial charge in [-0.15, -0.1) is 0 Å². The van der Waals surface area contributed by atoms with E-state index in [1.807, 2.05) is 25.6 Å². The summed E-state index contributed by atoms with van der Waals surface area (Å²) in [6, 6.07) is 0.107. The molecule has 0 radical (unpaired) electrons. The number of unbranched alkanes of at least 4 members (excludes halogenated alkanes) is 1. The maximum atomic E-state index is 12.1. The zero-order chi connectivity index (χ0) is 29.9. The largest absolute Gasteiger partial charge is 0.379 e. The number of carbonyl (C=O) groups is 4. The highest BCUT2D eigenvalue weighted by Crippen LogP contribution is 2.39. The van der Waals surface area contributed by atoms with Crippen molar-refractivity contribution in [2.75, 3.05) is 58.5 Å². The van der Waals surface area contributed by atoms with Crippen LogP contribution in [0.25, 0.3) is 0 Å². The fraction of sp³-hybridized carbons (Fsp3) is 0.862. The monoisotopic (exact) mass is 600 g/mol. The Labute approximate surface area is 249 Å². The lowest BCUT2D eigenvalue weighted by Crippen LogP contribution is -2.47. The number of ether oxygens (including phenoxy) is 3. The number of ketones is 1. The molecule has 41 heavy (non-hydrogen) atoms. The average molecular weight is 601 g/mol. The molecular weight excluding hydrogens is 548 g/mol. The van der Waals surface area contributed by atoms with E-state index in [0.717, 1.165) is 37.9 Å². The van der Waals surface area contributed by atoms with Crippen LogP contribution >= 0.6 is 11.8 Å². The van der Waals surface area contributed by atoms with Gasteiger partial charge in [-0.2, -0.15) is 11.8 Å². The Bertz CT molecular complexity index is 816. The Balaban J connectivity index is 1.27. The minimum absolute atomic E-state index is 0.0231. The van der Waals surface area contributed by atoms with Crippen LogP contribution < -0.4 is 21.3 Å². The summed E-state index contributed by atoms with van der Waals surface area (Å²) in [5.41, 5.74) is -0.145. The van der Waals surface area contributed by atoms with Gasteiger partial charge in [-0.25, -0.2) is 4.79 Å². The minimum Gasteiger partial charge on any atom is -0.379 e. The number of rotatable bonds is 24. The summed E-state index contributed by atoms with van der Waals surface area (Å²) in [5.74, 6) is 1.21. The number of urea groups is 1. The second-order valence-corrected chi connectivity index (χ2v) is 12.5. The number of hydrogen-bond donors (Lipinski definition) is 4. The zero-order valence-electron chi connectivity index (χ0n) is 25.2. The van der Waals surface area contributed by atoms with E-state index in [1.165, 1.54) is 0 Å². The SMILES string of the molecule is CC(C)C(=O)CCCC(=O)NCCCOCCOCCOCCCNC(=O)CCCC[C@@H]1SC[C@]2(C)NC(=O)N[C@H]12. The molecule has 2 fully saturated rings. The van der Waals surface area contributed by atoms with Crippen LogP contribution in [0.15, 0.2) is 0 Å². The van der Waals surface area contributed by atoms with Gasteiger partial charge in [-0.3, -0.25) is 14.4 Å². The van der Waals surface area contributed by atoms with Gasteiger partial charge in [0.2, 0.25) is 11.8 Å². The topological polar surface area (TPSA) is 144 Å². The summed E-state index contributed by atoms with van der Waals surface area (Å²) in [4.78, 5) is 47.0. The van der Waals surface area contributed by atoms with E-state index in [4.69, 9.17) is 14.2 Å². The van der Waals surface area contributed by atoms with E-state index in [-0.39, 0.29) is 41.1 Å². The molecule has 0 aromatic carbocycles. The third-order valence-corrected chi connectivity index (χ3v) is 8.98. The molecule has 2 heterocycles. The average Bonchev–Trinajstić information content (AvgIpc) is 3.39. The maximum Gasteiger partial charge on any atom is 0.315 e. The number of carbonyl (C=O) groups excluding carboxylic acids is 4. The van der Waals surface area contributed by atoms with Crippen LogP contribution in [-0.2, 0) is 28.6 Å². The fourth-order valence-corrected chi connectivity index (χ4v) is 6.50. The van der Waals surface area contributed by atoms with Gasteiger partial charge in [0.05, 0.1) is 38.0 Å². The van der Waals surface area contributed by atoms with Crippen LogP contribution in [0.2, 0.25) is 0 Å². The molecule has 0 unspecified atom stereocenters. The molecule has 0 bridgehead atoms. The maximum absolute atomic E-state index is 12.1. The van der Waals surface area contributed by atoms with E-state index in [2.05, 4.69) is 28.2 Å². The second-order valence-electron chi connectivity index (χ2n) is 11.3. The van der Waals surface area contributed by atoms with Crippen molar-refractivity contribution in [3.05, 3.63) is 0 Å². The first kappa shape index (κ1) is 35.3. The fourth-order valence-electron chi connectivity index (χ4n) is 4.79. The van der Waals surface area contributed by atoms with E-state index in [0.29, 0.717) is 83.7 Å². The summed E-state index contributed by atoms with van der Waals surface area (Å²) >= 11 is 1.90. The van der Waals surface area contributed by atoms with Gasteiger partial charge in [0.1, 0.15) is 5.78 Å². The van der Waals surface area contributed by atoms with Crippen LogP contribution in [0.4, 0.5) is 4.79 Å². The summed E-state index contributed by atoms with van der Waals surface area (Å²) in [5, 5.41) is 12.3. The summed E-state index contributed by atoms with van der Waals surface area (Å²) in [6.07, 6.45) is 6.29. The first-order valence-corrected chi connectivity index (χ1v) is 16.3. The predicted molar refractivity (Wildman–Crippen MR) is 160 cm³/mol. The van der Waals surface area contributed by atoms with Gasteiger partial charge in [0.25, 0.3) is 0 Å². The van der Waals surface area contributed by atoms with Gasteiger partial charge in [0, 0.05) is 62.5 Å². The quantitative estimate of drug-likeness (QED) is 0.0978. The van der Waals surface area contributed by atoms with E-state index in [9.17, 15) is 19.2 Å². The highest BCUT2D eigenvalue weighted by molar-refractivity contribution is 8.00. The second kappa shape index (κ2) is 20.1. The van der Waals surface area contributed by atoms with Crippen LogP contribution in [0.1, 0.15) is 78.6 Å². The number of thioether (sulfide) groups is 1. The zero-order valence-corrected chi connectivity index (χ0v) is 26.0. The van der Waals surface area contributed by atoms with E-state index < -0.39 is 0 Å². The summed E-state index contributed by atoms with van der Waals surface area (Å²) in [7, 11) is 0. The molecule has 4 amide bonds. The van der Waals surface area contributed by atoms with Crippen molar-refractivity contribution < 1.29 is 33.4 Å². The molecule has 0 aliphatic carbocycles. The standard InChI is InChI=1S/C29H52N4O7S/c1-22(2)23(34)9-6-12-26(36)31-14-8-16-39-18-20-40-19-17-38-15-7-13-30-25(35)11-5-4-10-24-27-29(3,21-41-24)33-28(37)32-27/h22,24,27H,4-21H2,1-3H3,(H,30,35)(H,31,36)(H2,32,33,37)/t24-,27+,29-/m0/s1. The predicted octanol–water partition coefficient (Wildman–Crippen LogP) is 2.56. The van der Waals surface area contributed by atoms with Crippen LogP contribution in [0.5, 0.6) is 0 Å². The lowest BCUT2D eigenvalue weighted by atomic mass is 9.92. The summed E-state index contributed by atoms with van der Waals surface area (Å²) in [6.45, 7) is 10.1. The molecule has 2 aliphatic rings. The summed E-state index contributed by atoms with van der Waals surface area (Å²) < 4.78 is 16.5. The number of Topliss-reactive ketones (excluding diaryl/α,β-unsaturated/α-hetero) is 1. The highest BCUT2D eigenvalue weighted by atomic mass is 32.2. The van der Waals surface area contributed by atoms with Crippen molar-refractivity contribution in [2.24, 2.45) is 5.92 Å². The van der Waals surface area contributed by atoms with Gasteiger partial charge >= 0.3 is 6.03 Å². The number of nitrogens with one attached hydrogen (secondary N) is 4. The van der Waals surface area contributed by atoms with Gasteiger partial charge in [-0.05, 0) is 39.0 Å². The lowest BCUT2D eigenvalue weighted by molar-refractivity contribution is -0.123. The lowest BCUT2D eigenvalue weighted by Gasteiger charge is -2.23. The first-order valence-electron chi connectivity index (χ1n) is 15.2. The van der Waals surface area contributed by atoms with Crippen molar-refractivity contribution in [1.82, 2.24) is 21.3 Å². The number of fused-ring (bicyclic) bond motifs is 1. The van der Waals surface area contributed by atoms with Gasteiger partial charge < -0.3 is 35.5 Å². The smallest absolute Gasteiger partial charge is 0.315 e. The molecule has 2 saturated heterocycles. The molecule has 2 rings (SSSR count). The molecule has 2 aliphatic heterocycles. The molecule has 0 aromatic heterocycles. The van der Waals surface area contributed by atoms with Crippen LogP contribution in [0, 0.1) is 5.92 Å². The van der Waals surface area contributed by atoms with Gasteiger partial charge in [-0.1, -0.05) is 20.3 Å². The third-order valence-electron chi connectivity index (χ3n) is 7.27.